The fourth-order valence-electron chi connectivity index (χ4n) is 4.07. The second-order valence-electron chi connectivity index (χ2n) is 7.32. The summed E-state index contributed by atoms with van der Waals surface area (Å²) in [6, 6.07) is 10.2. The van der Waals surface area contributed by atoms with Crippen molar-refractivity contribution >= 4 is 11.3 Å². The summed E-state index contributed by atoms with van der Waals surface area (Å²) < 4.78 is 0. The molecule has 2 aliphatic heterocycles. The average Bonchev–Trinajstić information content (AvgIpc) is 3.40. The molecule has 2 atom stereocenters. The summed E-state index contributed by atoms with van der Waals surface area (Å²) in [7, 11) is 0. The summed E-state index contributed by atoms with van der Waals surface area (Å²) >= 11 is 1.78. The maximum Gasteiger partial charge on any atom is 0.255 e. The molecule has 0 saturated carbocycles. The SMILES string of the molecule is O=c1[nH]c(-c2ccccn2)nc2c1CN(CC1CNNC1c1cccs1)CC2. The van der Waals surface area contributed by atoms with Crippen LogP contribution in [-0.4, -0.2) is 39.5 Å². The molecular weight excluding hydrogens is 372 g/mol. The van der Waals surface area contributed by atoms with Gasteiger partial charge < -0.3 is 4.98 Å². The minimum Gasteiger partial charge on any atom is -0.305 e. The Morgan fingerprint density at radius 2 is 2.21 bits per heavy atom. The maximum absolute atomic E-state index is 12.7. The number of hydrazine groups is 1. The van der Waals surface area contributed by atoms with Crippen molar-refractivity contribution in [1.82, 2.24) is 30.7 Å². The topological polar surface area (TPSA) is 85.9 Å². The molecule has 5 heterocycles. The zero-order chi connectivity index (χ0) is 18.9. The molecule has 28 heavy (non-hydrogen) atoms. The number of hydrogen-bond acceptors (Lipinski definition) is 7. The van der Waals surface area contributed by atoms with Gasteiger partial charge in [0.2, 0.25) is 0 Å². The summed E-state index contributed by atoms with van der Waals surface area (Å²) in [6.45, 7) is 3.44. The molecule has 3 aromatic rings. The molecule has 0 aliphatic carbocycles. The predicted molar refractivity (Wildman–Crippen MR) is 109 cm³/mol. The molecule has 1 fully saturated rings. The predicted octanol–water partition coefficient (Wildman–Crippen LogP) is 1.72. The van der Waals surface area contributed by atoms with Crippen LogP contribution in [0.2, 0.25) is 0 Å². The van der Waals surface area contributed by atoms with Gasteiger partial charge in [-0.25, -0.2) is 10.4 Å². The molecule has 3 aromatic heterocycles. The number of aromatic nitrogens is 3. The fraction of sp³-hybridized carbons (Fsp3) is 0.350. The molecule has 2 aliphatic rings. The van der Waals surface area contributed by atoms with Crippen molar-refractivity contribution in [2.45, 2.75) is 19.0 Å². The van der Waals surface area contributed by atoms with E-state index in [1.807, 2.05) is 18.2 Å². The lowest BCUT2D eigenvalue weighted by Gasteiger charge is -2.31. The number of nitrogens with zero attached hydrogens (tertiary/aromatic N) is 3. The van der Waals surface area contributed by atoms with Gasteiger partial charge in [-0.15, -0.1) is 11.3 Å². The van der Waals surface area contributed by atoms with Gasteiger partial charge in [0.05, 0.1) is 17.3 Å². The molecule has 7 nitrogen and oxygen atoms in total. The molecule has 144 valence electrons. The lowest BCUT2D eigenvalue weighted by Crippen LogP contribution is -2.39. The normalized spacial score (nSPS) is 22.3. The van der Waals surface area contributed by atoms with E-state index in [9.17, 15) is 4.79 Å². The van der Waals surface area contributed by atoms with Crippen molar-refractivity contribution in [1.29, 1.82) is 0 Å². The lowest BCUT2D eigenvalue weighted by molar-refractivity contribution is 0.207. The van der Waals surface area contributed by atoms with Crippen LogP contribution < -0.4 is 16.4 Å². The number of H-pyrrole nitrogens is 1. The zero-order valence-electron chi connectivity index (χ0n) is 15.4. The third-order valence-corrected chi connectivity index (χ3v) is 6.45. The van der Waals surface area contributed by atoms with Crippen LogP contribution in [0.5, 0.6) is 0 Å². The van der Waals surface area contributed by atoms with E-state index in [1.165, 1.54) is 4.88 Å². The van der Waals surface area contributed by atoms with Crippen LogP contribution in [0.3, 0.4) is 0 Å². The number of hydrogen-bond donors (Lipinski definition) is 3. The van der Waals surface area contributed by atoms with Crippen LogP contribution in [0.1, 0.15) is 22.2 Å². The van der Waals surface area contributed by atoms with E-state index in [-0.39, 0.29) is 5.56 Å². The van der Waals surface area contributed by atoms with E-state index >= 15 is 0 Å². The second kappa shape index (κ2) is 7.56. The Labute approximate surface area is 166 Å². The summed E-state index contributed by atoms with van der Waals surface area (Å²) in [4.78, 5) is 28.4. The molecule has 0 radical (unpaired) electrons. The summed E-state index contributed by atoms with van der Waals surface area (Å²) in [5, 5.41) is 2.12. The highest BCUT2D eigenvalue weighted by molar-refractivity contribution is 7.10. The quantitative estimate of drug-likeness (QED) is 0.625. The molecule has 5 rings (SSSR count). The molecule has 2 unspecified atom stereocenters. The fourth-order valence-corrected chi connectivity index (χ4v) is 4.94. The molecule has 0 amide bonds. The first kappa shape index (κ1) is 17.7. The third-order valence-electron chi connectivity index (χ3n) is 5.49. The summed E-state index contributed by atoms with van der Waals surface area (Å²) in [5.41, 5.74) is 9.04. The van der Waals surface area contributed by atoms with Gasteiger partial charge in [0, 0.05) is 49.6 Å². The Balaban J connectivity index is 1.34. The van der Waals surface area contributed by atoms with Gasteiger partial charge in [0.1, 0.15) is 5.69 Å². The largest absolute Gasteiger partial charge is 0.305 e. The monoisotopic (exact) mass is 394 g/mol. The number of rotatable bonds is 4. The standard InChI is InChI=1S/C20H22N6OS/c27-20-14-12-26(11-13-10-22-25-18(13)17-5-3-9-28-17)8-6-15(14)23-19(24-20)16-4-1-2-7-21-16/h1-5,7,9,13,18,22,25H,6,8,10-12H2,(H,23,24,27). The van der Waals surface area contributed by atoms with Crippen molar-refractivity contribution < 1.29 is 0 Å². The number of fused-ring (bicyclic) bond motifs is 1. The van der Waals surface area contributed by atoms with E-state index in [0.717, 1.165) is 37.3 Å². The van der Waals surface area contributed by atoms with Gasteiger partial charge >= 0.3 is 0 Å². The van der Waals surface area contributed by atoms with E-state index in [1.54, 1.807) is 17.5 Å². The second-order valence-corrected chi connectivity index (χ2v) is 8.30. The van der Waals surface area contributed by atoms with E-state index < -0.39 is 0 Å². The van der Waals surface area contributed by atoms with Crippen LogP contribution in [0.4, 0.5) is 0 Å². The number of pyridine rings is 1. The molecule has 1 saturated heterocycles. The average molecular weight is 395 g/mol. The minimum absolute atomic E-state index is 0.0483. The number of thiophene rings is 1. The molecule has 8 heteroatoms. The van der Waals surface area contributed by atoms with Crippen molar-refractivity contribution in [3.8, 4) is 11.5 Å². The Bertz CT molecular complexity index is 1000. The van der Waals surface area contributed by atoms with Crippen molar-refractivity contribution in [3.05, 3.63) is 68.4 Å². The van der Waals surface area contributed by atoms with Crippen LogP contribution in [0.15, 0.2) is 46.7 Å². The first-order valence-electron chi connectivity index (χ1n) is 9.55. The van der Waals surface area contributed by atoms with Gasteiger partial charge in [-0.05, 0) is 23.6 Å². The Morgan fingerprint density at radius 3 is 3.04 bits per heavy atom. The smallest absolute Gasteiger partial charge is 0.255 e. The summed E-state index contributed by atoms with van der Waals surface area (Å²) in [5.74, 6) is 1.03. The minimum atomic E-state index is -0.0483. The molecule has 0 spiro atoms. The number of aromatic amines is 1. The van der Waals surface area contributed by atoms with Crippen molar-refractivity contribution in [3.63, 3.8) is 0 Å². The van der Waals surface area contributed by atoms with Crippen LogP contribution in [0, 0.1) is 5.92 Å². The van der Waals surface area contributed by atoms with E-state index in [0.29, 0.717) is 30.0 Å². The first-order valence-corrected chi connectivity index (χ1v) is 10.4. The Hall–Kier alpha value is -2.39. The van der Waals surface area contributed by atoms with E-state index in [4.69, 9.17) is 4.98 Å². The van der Waals surface area contributed by atoms with Gasteiger partial charge in [-0.1, -0.05) is 12.1 Å². The van der Waals surface area contributed by atoms with Crippen molar-refractivity contribution in [2.75, 3.05) is 19.6 Å². The molecule has 0 bridgehead atoms. The molecule has 3 N–H and O–H groups in total. The van der Waals surface area contributed by atoms with Crippen molar-refractivity contribution in [2.24, 2.45) is 5.92 Å². The number of nitrogens with one attached hydrogen (secondary N) is 3. The highest BCUT2D eigenvalue weighted by Crippen LogP contribution is 2.30. The van der Waals surface area contributed by atoms with Gasteiger partial charge in [0.25, 0.3) is 5.56 Å². The molecular formula is C20H22N6OS. The van der Waals surface area contributed by atoms with Crippen LogP contribution in [0.25, 0.3) is 11.5 Å². The van der Waals surface area contributed by atoms with Gasteiger partial charge in [-0.3, -0.25) is 20.1 Å². The molecule has 0 aromatic carbocycles. The zero-order valence-corrected chi connectivity index (χ0v) is 16.2. The van der Waals surface area contributed by atoms with Crippen LogP contribution in [-0.2, 0) is 13.0 Å². The van der Waals surface area contributed by atoms with Gasteiger partial charge in [-0.2, -0.15) is 0 Å². The summed E-state index contributed by atoms with van der Waals surface area (Å²) in [6.07, 6.45) is 2.50. The van der Waals surface area contributed by atoms with Crippen LogP contribution >= 0.6 is 11.3 Å². The maximum atomic E-state index is 12.7. The lowest BCUT2D eigenvalue weighted by atomic mass is 9.98. The van der Waals surface area contributed by atoms with Gasteiger partial charge in [0.15, 0.2) is 5.82 Å². The Morgan fingerprint density at radius 1 is 1.25 bits per heavy atom. The van der Waals surface area contributed by atoms with E-state index in [2.05, 4.69) is 43.2 Å². The Kier molecular flexibility index (Phi) is 4.77. The first-order chi connectivity index (χ1) is 13.8. The highest BCUT2D eigenvalue weighted by atomic mass is 32.1. The third kappa shape index (κ3) is 3.40. The highest BCUT2D eigenvalue weighted by Gasteiger charge is 2.32.